The van der Waals surface area contributed by atoms with E-state index in [9.17, 15) is 0 Å². The molecule has 2 nitrogen and oxygen atoms in total. The lowest BCUT2D eigenvalue weighted by Crippen LogP contribution is -2.38. The number of likely N-dealkylation sites (tertiary alicyclic amines) is 1. The zero-order valence-electron chi connectivity index (χ0n) is 12.2. The summed E-state index contributed by atoms with van der Waals surface area (Å²) < 4.78 is 0. The molecule has 0 amide bonds. The van der Waals surface area contributed by atoms with E-state index in [4.69, 9.17) is 0 Å². The van der Waals surface area contributed by atoms with Crippen molar-refractivity contribution in [1.29, 1.82) is 0 Å². The van der Waals surface area contributed by atoms with Gasteiger partial charge in [0, 0.05) is 30.7 Å². The summed E-state index contributed by atoms with van der Waals surface area (Å²) in [4.78, 5) is 5.25. The number of nitrogens with zero attached hydrogens (tertiary/aromatic N) is 2. The predicted molar refractivity (Wildman–Crippen MR) is 89.7 cm³/mol. The molecule has 1 aromatic carbocycles. The van der Waals surface area contributed by atoms with Crippen LogP contribution in [-0.2, 0) is 5.33 Å². The zero-order chi connectivity index (χ0) is 13.8. The Morgan fingerprint density at radius 2 is 1.70 bits per heavy atom. The number of halogens is 1. The number of piperidine rings is 1. The van der Waals surface area contributed by atoms with Gasteiger partial charge < -0.3 is 9.80 Å². The molecule has 0 radical (unpaired) electrons. The summed E-state index contributed by atoms with van der Waals surface area (Å²) in [6.07, 6.45) is 5.54. The zero-order valence-corrected chi connectivity index (χ0v) is 13.8. The van der Waals surface area contributed by atoms with Crippen molar-refractivity contribution < 1.29 is 0 Å². The van der Waals surface area contributed by atoms with Gasteiger partial charge in [-0.1, -0.05) is 34.1 Å². The highest BCUT2D eigenvalue weighted by Gasteiger charge is 2.23. The van der Waals surface area contributed by atoms with Gasteiger partial charge in [0.2, 0.25) is 0 Å². The van der Waals surface area contributed by atoms with Crippen molar-refractivity contribution >= 4 is 21.6 Å². The fourth-order valence-electron chi connectivity index (χ4n) is 3.62. The molecular weight excluding hydrogens is 312 g/mol. The summed E-state index contributed by atoms with van der Waals surface area (Å²) in [6.45, 7) is 6.47. The maximum atomic E-state index is 3.61. The van der Waals surface area contributed by atoms with Crippen LogP contribution < -0.4 is 4.90 Å². The van der Waals surface area contributed by atoms with Gasteiger partial charge in [-0.3, -0.25) is 0 Å². The van der Waals surface area contributed by atoms with Crippen LogP contribution in [0.4, 0.5) is 5.69 Å². The Balaban J connectivity index is 1.55. The van der Waals surface area contributed by atoms with Crippen molar-refractivity contribution in [2.45, 2.75) is 31.0 Å². The number of para-hydroxylation sites is 1. The first-order chi connectivity index (χ1) is 9.86. The molecular formula is C17H25BrN2. The smallest absolute Gasteiger partial charge is 0.0407 e. The third-order valence-electron chi connectivity index (χ3n) is 4.81. The van der Waals surface area contributed by atoms with Crippen LogP contribution in [0.25, 0.3) is 0 Å². The third kappa shape index (κ3) is 3.37. The lowest BCUT2D eigenvalue weighted by atomic mass is 9.95. The second-order valence-corrected chi connectivity index (χ2v) is 6.76. The van der Waals surface area contributed by atoms with Gasteiger partial charge in [-0.25, -0.2) is 0 Å². The minimum Gasteiger partial charge on any atom is -0.371 e. The summed E-state index contributed by atoms with van der Waals surface area (Å²) in [5, 5.41) is 0.955. The van der Waals surface area contributed by atoms with E-state index < -0.39 is 0 Å². The van der Waals surface area contributed by atoms with E-state index in [0.29, 0.717) is 0 Å². The maximum absolute atomic E-state index is 3.61. The third-order valence-corrected chi connectivity index (χ3v) is 5.41. The SMILES string of the molecule is BrCc1ccccc1N1CCC(CN2CCCC2)CC1. The molecule has 2 heterocycles. The number of alkyl halides is 1. The van der Waals surface area contributed by atoms with Crippen LogP contribution in [0.5, 0.6) is 0 Å². The van der Waals surface area contributed by atoms with Crippen molar-refractivity contribution in [1.82, 2.24) is 4.90 Å². The Morgan fingerprint density at radius 3 is 2.40 bits per heavy atom. The molecule has 0 bridgehead atoms. The Kier molecular flexibility index (Phi) is 5.00. The van der Waals surface area contributed by atoms with E-state index in [-0.39, 0.29) is 0 Å². The van der Waals surface area contributed by atoms with Crippen molar-refractivity contribution in [3.63, 3.8) is 0 Å². The molecule has 110 valence electrons. The van der Waals surface area contributed by atoms with Crippen LogP contribution in [0.1, 0.15) is 31.2 Å². The minimum absolute atomic E-state index is 0.917. The lowest BCUT2D eigenvalue weighted by Gasteiger charge is -2.36. The molecule has 2 saturated heterocycles. The molecule has 0 atom stereocenters. The lowest BCUT2D eigenvalue weighted by molar-refractivity contribution is 0.249. The van der Waals surface area contributed by atoms with Crippen molar-refractivity contribution in [3.05, 3.63) is 29.8 Å². The van der Waals surface area contributed by atoms with Gasteiger partial charge in [0.15, 0.2) is 0 Å². The quantitative estimate of drug-likeness (QED) is 0.769. The number of hydrogen-bond donors (Lipinski definition) is 0. The first-order valence-electron chi connectivity index (χ1n) is 7.98. The highest BCUT2D eigenvalue weighted by molar-refractivity contribution is 9.08. The number of anilines is 1. The van der Waals surface area contributed by atoms with E-state index in [2.05, 4.69) is 50.0 Å². The van der Waals surface area contributed by atoms with E-state index in [1.807, 2.05) is 0 Å². The first kappa shape index (κ1) is 14.4. The van der Waals surface area contributed by atoms with Gasteiger partial charge in [0.25, 0.3) is 0 Å². The molecule has 0 unspecified atom stereocenters. The molecule has 2 aliphatic heterocycles. The molecule has 0 aliphatic carbocycles. The van der Waals surface area contributed by atoms with Crippen LogP contribution >= 0.6 is 15.9 Å². The van der Waals surface area contributed by atoms with Gasteiger partial charge in [0.05, 0.1) is 0 Å². The number of rotatable bonds is 4. The van der Waals surface area contributed by atoms with E-state index in [1.54, 1.807) is 0 Å². The summed E-state index contributed by atoms with van der Waals surface area (Å²) >= 11 is 3.61. The average molecular weight is 337 g/mol. The van der Waals surface area contributed by atoms with Crippen LogP contribution in [0.2, 0.25) is 0 Å². The fourth-order valence-corrected chi connectivity index (χ4v) is 4.09. The molecule has 0 saturated carbocycles. The van der Waals surface area contributed by atoms with Crippen LogP contribution in [0, 0.1) is 5.92 Å². The van der Waals surface area contributed by atoms with E-state index >= 15 is 0 Å². The Labute approximate surface area is 131 Å². The minimum atomic E-state index is 0.917. The normalized spacial score (nSPS) is 21.6. The molecule has 3 heteroatoms. The van der Waals surface area contributed by atoms with Crippen LogP contribution in [0.3, 0.4) is 0 Å². The number of hydrogen-bond acceptors (Lipinski definition) is 2. The summed E-state index contributed by atoms with van der Waals surface area (Å²) in [6, 6.07) is 8.82. The van der Waals surface area contributed by atoms with Crippen LogP contribution in [-0.4, -0.2) is 37.6 Å². The second kappa shape index (κ2) is 6.95. The largest absolute Gasteiger partial charge is 0.371 e. The Hall–Kier alpha value is -0.540. The van der Waals surface area contributed by atoms with Gasteiger partial charge >= 0.3 is 0 Å². The van der Waals surface area contributed by atoms with Gasteiger partial charge in [-0.05, 0) is 56.3 Å². The average Bonchev–Trinajstić information content (AvgIpc) is 3.01. The molecule has 20 heavy (non-hydrogen) atoms. The van der Waals surface area contributed by atoms with E-state index in [1.165, 1.54) is 69.7 Å². The van der Waals surface area contributed by atoms with Gasteiger partial charge in [0.1, 0.15) is 0 Å². The molecule has 3 rings (SSSR count). The highest BCUT2D eigenvalue weighted by atomic mass is 79.9. The summed E-state index contributed by atoms with van der Waals surface area (Å²) in [5.74, 6) is 0.917. The molecule has 2 fully saturated rings. The summed E-state index contributed by atoms with van der Waals surface area (Å²) in [5.41, 5.74) is 2.86. The van der Waals surface area contributed by atoms with Crippen molar-refractivity contribution in [2.24, 2.45) is 5.92 Å². The standard InChI is InChI=1S/C17H25BrN2/c18-13-16-5-1-2-6-17(16)20-11-7-15(8-12-20)14-19-9-3-4-10-19/h1-2,5-6,15H,3-4,7-14H2. The number of benzene rings is 1. The molecule has 0 aromatic heterocycles. The summed E-state index contributed by atoms with van der Waals surface area (Å²) in [7, 11) is 0. The monoisotopic (exact) mass is 336 g/mol. The topological polar surface area (TPSA) is 6.48 Å². The highest BCUT2D eigenvalue weighted by Crippen LogP contribution is 2.28. The predicted octanol–water partition coefficient (Wildman–Crippen LogP) is 3.89. The molecule has 0 N–H and O–H groups in total. The molecule has 2 aliphatic rings. The van der Waals surface area contributed by atoms with Crippen molar-refractivity contribution in [3.8, 4) is 0 Å². The van der Waals surface area contributed by atoms with Crippen LogP contribution in [0.15, 0.2) is 24.3 Å². The molecule has 1 aromatic rings. The molecule has 0 spiro atoms. The maximum Gasteiger partial charge on any atom is 0.0407 e. The van der Waals surface area contributed by atoms with Gasteiger partial charge in [-0.15, -0.1) is 0 Å². The second-order valence-electron chi connectivity index (χ2n) is 6.20. The Morgan fingerprint density at radius 1 is 1.00 bits per heavy atom. The first-order valence-corrected chi connectivity index (χ1v) is 9.10. The van der Waals surface area contributed by atoms with E-state index in [0.717, 1.165) is 11.2 Å². The fraction of sp³-hybridized carbons (Fsp3) is 0.647. The van der Waals surface area contributed by atoms with Crippen molar-refractivity contribution in [2.75, 3.05) is 37.6 Å². The van der Waals surface area contributed by atoms with Gasteiger partial charge in [-0.2, -0.15) is 0 Å². The Bertz CT molecular complexity index is 421.